The molecule has 1 aromatic rings. The van der Waals surface area contributed by atoms with Gasteiger partial charge in [-0.05, 0) is 40.8 Å². The average molecular weight is 362 g/mol. The number of β-amino-alcohol motifs (C(OH)–C–C–N with tert-alkyl or cyclic N) is 1. The van der Waals surface area contributed by atoms with Crippen molar-refractivity contribution in [1.82, 2.24) is 4.90 Å². The molecule has 0 saturated carbocycles. The molecule has 18 heavy (non-hydrogen) atoms. The minimum absolute atomic E-state index is 0.346. The highest BCUT2D eigenvalue weighted by Crippen LogP contribution is 2.12. The van der Waals surface area contributed by atoms with Crippen LogP contribution in [-0.4, -0.2) is 55.5 Å². The number of anilines is 1. The van der Waals surface area contributed by atoms with Gasteiger partial charge in [-0.1, -0.05) is 6.07 Å². The minimum atomic E-state index is -0.346. The van der Waals surface area contributed by atoms with Crippen LogP contribution in [0.4, 0.5) is 5.69 Å². The molecule has 2 rings (SSSR count). The second-order valence-corrected chi connectivity index (χ2v) is 5.70. The van der Waals surface area contributed by atoms with E-state index in [-0.39, 0.29) is 6.10 Å². The van der Waals surface area contributed by atoms with E-state index in [1.165, 1.54) is 3.57 Å². The van der Waals surface area contributed by atoms with Crippen molar-refractivity contribution in [1.29, 1.82) is 0 Å². The molecule has 1 fully saturated rings. The first-order chi connectivity index (χ1) is 8.74. The van der Waals surface area contributed by atoms with E-state index in [1.54, 1.807) is 0 Å². The summed E-state index contributed by atoms with van der Waals surface area (Å²) in [4.78, 5) is 2.24. The van der Waals surface area contributed by atoms with Crippen LogP contribution >= 0.6 is 22.6 Å². The molecule has 5 heteroatoms. The van der Waals surface area contributed by atoms with Crippen molar-refractivity contribution in [2.45, 2.75) is 6.10 Å². The van der Waals surface area contributed by atoms with E-state index in [2.05, 4.69) is 44.9 Å². The van der Waals surface area contributed by atoms with Gasteiger partial charge >= 0.3 is 0 Å². The van der Waals surface area contributed by atoms with Gasteiger partial charge in [0, 0.05) is 35.4 Å². The van der Waals surface area contributed by atoms with Crippen molar-refractivity contribution in [2.75, 3.05) is 44.7 Å². The summed E-state index contributed by atoms with van der Waals surface area (Å²) in [5.41, 5.74) is 1.06. The van der Waals surface area contributed by atoms with Gasteiger partial charge in [0.1, 0.15) is 0 Å². The molecule has 0 aromatic heterocycles. The molecule has 1 aromatic carbocycles. The fourth-order valence-corrected chi connectivity index (χ4v) is 2.52. The molecular formula is C13H19IN2O2. The molecule has 1 unspecified atom stereocenters. The SMILES string of the molecule is OC(CNc1cccc(I)c1)CN1CCOCC1. The van der Waals surface area contributed by atoms with E-state index in [0.29, 0.717) is 13.1 Å². The number of halogens is 1. The van der Waals surface area contributed by atoms with Gasteiger partial charge in [-0.2, -0.15) is 0 Å². The molecule has 4 nitrogen and oxygen atoms in total. The van der Waals surface area contributed by atoms with E-state index in [0.717, 1.165) is 32.0 Å². The first-order valence-electron chi connectivity index (χ1n) is 6.21. The van der Waals surface area contributed by atoms with E-state index in [9.17, 15) is 5.11 Å². The Bertz CT molecular complexity index is 370. The molecule has 100 valence electrons. The molecule has 2 N–H and O–H groups in total. The maximum atomic E-state index is 9.99. The van der Waals surface area contributed by atoms with E-state index < -0.39 is 0 Å². The minimum Gasteiger partial charge on any atom is -0.390 e. The molecule has 0 spiro atoms. The molecular weight excluding hydrogens is 343 g/mol. The zero-order valence-electron chi connectivity index (χ0n) is 10.3. The number of hydrogen-bond donors (Lipinski definition) is 2. The normalized spacial score (nSPS) is 18.6. The third-order valence-electron chi connectivity index (χ3n) is 2.94. The van der Waals surface area contributed by atoms with Gasteiger partial charge in [0.15, 0.2) is 0 Å². The van der Waals surface area contributed by atoms with Gasteiger partial charge in [-0.25, -0.2) is 0 Å². The van der Waals surface area contributed by atoms with Crippen molar-refractivity contribution < 1.29 is 9.84 Å². The summed E-state index contributed by atoms with van der Waals surface area (Å²) >= 11 is 2.28. The zero-order valence-corrected chi connectivity index (χ0v) is 12.5. The largest absolute Gasteiger partial charge is 0.390 e. The molecule has 0 amide bonds. The Morgan fingerprint density at radius 1 is 1.39 bits per heavy atom. The molecule has 1 aliphatic heterocycles. The molecule has 0 radical (unpaired) electrons. The molecule has 1 heterocycles. The van der Waals surface area contributed by atoms with E-state index in [4.69, 9.17) is 4.74 Å². The van der Waals surface area contributed by atoms with Crippen LogP contribution in [0.3, 0.4) is 0 Å². The van der Waals surface area contributed by atoms with Gasteiger partial charge in [0.2, 0.25) is 0 Å². The van der Waals surface area contributed by atoms with Gasteiger partial charge in [0.25, 0.3) is 0 Å². The van der Waals surface area contributed by atoms with Crippen LogP contribution in [0.15, 0.2) is 24.3 Å². The molecule has 1 aliphatic rings. The number of ether oxygens (including phenoxy) is 1. The zero-order chi connectivity index (χ0) is 12.8. The third kappa shape index (κ3) is 4.72. The maximum absolute atomic E-state index is 9.99. The number of hydrogen-bond acceptors (Lipinski definition) is 4. The quantitative estimate of drug-likeness (QED) is 0.778. The Morgan fingerprint density at radius 3 is 2.89 bits per heavy atom. The number of morpholine rings is 1. The van der Waals surface area contributed by atoms with Crippen molar-refractivity contribution in [2.24, 2.45) is 0 Å². The van der Waals surface area contributed by atoms with E-state index >= 15 is 0 Å². The lowest BCUT2D eigenvalue weighted by molar-refractivity contribution is 0.0171. The molecule has 0 bridgehead atoms. The summed E-state index contributed by atoms with van der Waals surface area (Å²) in [6.45, 7) is 4.67. The fraction of sp³-hybridized carbons (Fsp3) is 0.538. The Morgan fingerprint density at radius 2 is 2.17 bits per heavy atom. The lowest BCUT2D eigenvalue weighted by Gasteiger charge is -2.28. The summed E-state index contributed by atoms with van der Waals surface area (Å²) in [6.07, 6.45) is -0.346. The molecule has 1 saturated heterocycles. The summed E-state index contributed by atoms with van der Waals surface area (Å²) in [6, 6.07) is 8.15. The van der Waals surface area contributed by atoms with Crippen LogP contribution in [0.2, 0.25) is 0 Å². The van der Waals surface area contributed by atoms with E-state index in [1.807, 2.05) is 12.1 Å². The van der Waals surface area contributed by atoms with Crippen molar-refractivity contribution in [3.05, 3.63) is 27.8 Å². The number of aliphatic hydroxyl groups excluding tert-OH is 1. The predicted octanol–water partition coefficient (Wildman–Crippen LogP) is 1.40. The molecule has 0 aliphatic carbocycles. The van der Waals surface area contributed by atoms with Crippen LogP contribution in [0.5, 0.6) is 0 Å². The number of nitrogens with zero attached hydrogens (tertiary/aromatic N) is 1. The lowest BCUT2D eigenvalue weighted by Crippen LogP contribution is -2.42. The topological polar surface area (TPSA) is 44.7 Å². The van der Waals surface area contributed by atoms with Gasteiger partial charge in [-0.15, -0.1) is 0 Å². The summed E-state index contributed by atoms with van der Waals surface area (Å²) < 4.78 is 6.48. The highest BCUT2D eigenvalue weighted by Gasteiger charge is 2.14. The number of rotatable bonds is 5. The van der Waals surface area contributed by atoms with Crippen molar-refractivity contribution in [3.8, 4) is 0 Å². The van der Waals surface area contributed by atoms with Crippen LogP contribution in [0.1, 0.15) is 0 Å². The Hall–Kier alpha value is -0.370. The van der Waals surface area contributed by atoms with Crippen LogP contribution in [0.25, 0.3) is 0 Å². The van der Waals surface area contributed by atoms with Crippen LogP contribution in [0, 0.1) is 3.57 Å². The standard InChI is InChI=1S/C13H19IN2O2/c14-11-2-1-3-12(8-11)15-9-13(17)10-16-4-6-18-7-5-16/h1-3,8,13,15,17H,4-7,9-10H2. The average Bonchev–Trinajstić information content (AvgIpc) is 2.38. The smallest absolute Gasteiger partial charge is 0.0839 e. The first-order valence-corrected chi connectivity index (χ1v) is 7.29. The van der Waals surface area contributed by atoms with Crippen LogP contribution in [-0.2, 0) is 4.74 Å². The number of benzene rings is 1. The van der Waals surface area contributed by atoms with Gasteiger partial charge in [-0.3, -0.25) is 4.90 Å². The summed E-state index contributed by atoms with van der Waals surface area (Å²) in [5.74, 6) is 0. The molecule has 1 atom stereocenters. The Kier molecular flexibility index (Phi) is 5.68. The lowest BCUT2D eigenvalue weighted by atomic mass is 10.2. The monoisotopic (exact) mass is 362 g/mol. The highest BCUT2D eigenvalue weighted by molar-refractivity contribution is 14.1. The van der Waals surface area contributed by atoms with Gasteiger partial charge in [0.05, 0.1) is 19.3 Å². The first kappa shape index (κ1) is 14.0. The van der Waals surface area contributed by atoms with Crippen LogP contribution < -0.4 is 5.32 Å². The van der Waals surface area contributed by atoms with Gasteiger partial charge < -0.3 is 15.2 Å². The Balaban J connectivity index is 1.72. The van der Waals surface area contributed by atoms with Crippen molar-refractivity contribution >= 4 is 28.3 Å². The maximum Gasteiger partial charge on any atom is 0.0839 e. The van der Waals surface area contributed by atoms with Crippen molar-refractivity contribution in [3.63, 3.8) is 0 Å². The number of nitrogens with one attached hydrogen (secondary N) is 1. The second kappa shape index (κ2) is 7.28. The summed E-state index contributed by atoms with van der Waals surface area (Å²) in [5, 5.41) is 13.2. The predicted molar refractivity (Wildman–Crippen MR) is 80.9 cm³/mol. The number of aliphatic hydroxyl groups is 1. The second-order valence-electron chi connectivity index (χ2n) is 4.46. The Labute approximate surface area is 121 Å². The summed E-state index contributed by atoms with van der Waals surface area (Å²) in [7, 11) is 0. The third-order valence-corrected chi connectivity index (χ3v) is 3.61. The fourth-order valence-electron chi connectivity index (χ4n) is 1.98. The highest BCUT2D eigenvalue weighted by atomic mass is 127.